The molecule has 37 heavy (non-hydrogen) atoms. The van der Waals surface area contributed by atoms with Crippen molar-refractivity contribution in [3.05, 3.63) is 82.2 Å². The van der Waals surface area contributed by atoms with Crippen LogP contribution in [0.15, 0.2) is 60.4 Å². The maximum absolute atomic E-state index is 13.0. The Hall–Kier alpha value is -4.11. The van der Waals surface area contributed by atoms with E-state index in [0.29, 0.717) is 34.9 Å². The lowest BCUT2D eigenvalue weighted by atomic mass is 10.0. The fourth-order valence-corrected chi connectivity index (χ4v) is 5.04. The number of hydrogen-bond donors (Lipinski definition) is 4. The Morgan fingerprint density at radius 2 is 1.86 bits per heavy atom. The van der Waals surface area contributed by atoms with Gasteiger partial charge >= 0.3 is 6.03 Å². The summed E-state index contributed by atoms with van der Waals surface area (Å²) in [5, 5.41) is 12.0. The lowest BCUT2D eigenvalue weighted by Crippen LogP contribution is -2.52. The Labute approximate surface area is 218 Å². The molecule has 190 valence electrons. The van der Waals surface area contributed by atoms with E-state index in [0.717, 1.165) is 34.4 Å². The summed E-state index contributed by atoms with van der Waals surface area (Å²) < 4.78 is 0. The van der Waals surface area contributed by atoms with E-state index in [1.165, 1.54) is 6.08 Å². The number of nitrogens with one attached hydrogen (secondary N) is 4. The zero-order valence-corrected chi connectivity index (χ0v) is 20.9. The lowest BCUT2D eigenvalue weighted by molar-refractivity contribution is -0.146. The van der Waals surface area contributed by atoms with Crippen molar-refractivity contribution in [1.82, 2.24) is 15.5 Å². The molecule has 2 heterocycles. The van der Waals surface area contributed by atoms with Gasteiger partial charge in [0.05, 0.1) is 6.04 Å². The van der Waals surface area contributed by atoms with E-state index >= 15 is 0 Å². The first-order chi connectivity index (χ1) is 17.7. The van der Waals surface area contributed by atoms with Gasteiger partial charge in [-0.3, -0.25) is 19.3 Å². The van der Waals surface area contributed by atoms with Gasteiger partial charge in [0.15, 0.2) is 0 Å². The standard InChI is InChI=1S/C27H26ClN5O4/c1-14-3-7-18(12-20(14)28)31-27(37)32-21-9-6-16-5-8-17(11-19(16)21)30-22-13-24(34)33(26(22)36)23-10-4-15(2)29-25(23)35/h3,5,7-8,11-13,21,23,30H,2,4,6,9-10H2,1H3,(H,29,35)(H2,31,32,37). The normalized spacial score (nSPS) is 20.9. The number of carbonyl (C=O) groups is 4. The third-order valence-corrected chi connectivity index (χ3v) is 7.23. The van der Waals surface area contributed by atoms with E-state index in [1.54, 1.807) is 12.1 Å². The number of amides is 5. The molecular formula is C27H26ClN5O4. The fourth-order valence-electron chi connectivity index (χ4n) is 4.86. The summed E-state index contributed by atoms with van der Waals surface area (Å²) in [5.41, 5.74) is 4.82. The molecule has 4 N–H and O–H groups in total. The average molecular weight is 520 g/mol. The molecule has 9 nitrogen and oxygen atoms in total. The van der Waals surface area contributed by atoms with Crippen molar-refractivity contribution in [3.8, 4) is 0 Å². The topological polar surface area (TPSA) is 120 Å². The number of nitrogens with zero attached hydrogens (tertiary/aromatic N) is 1. The zero-order chi connectivity index (χ0) is 26.3. The second kappa shape index (κ2) is 9.74. The van der Waals surface area contributed by atoms with Gasteiger partial charge in [0, 0.05) is 28.2 Å². The average Bonchev–Trinajstić information content (AvgIpc) is 3.36. The molecule has 5 rings (SSSR count). The third-order valence-electron chi connectivity index (χ3n) is 6.83. The van der Waals surface area contributed by atoms with Crippen LogP contribution in [0.25, 0.3) is 0 Å². The summed E-state index contributed by atoms with van der Waals surface area (Å²) in [6, 6.07) is 9.53. The Bertz CT molecular complexity index is 1380. The minimum absolute atomic E-state index is 0.0960. The number of anilines is 2. The molecule has 0 radical (unpaired) electrons. The van der Waals surface area contributed by atoms with Crippen LogP contribution in [0.4, 0.5) is 16.2 Å². The van der Waals surface area contributed by atoms with E-state index in [-0.39, 0.29) is 17.8 Å². The molecule has 1 fully saturated rings. The predicted molar refractivity (Wildman–Crippen MR) is 140 cm³/mol. The predicted octanol–water partition coefficient (Wildman–Crippen LogP) is 3.91. The number of rotatable bonds is 5. The molecule has 2 unspecified atom stereocenters. The van der Waals surface area contributed by atoms with Crippen LogP contribution >= 0.6 is 11.6 Å². The maximum Gasteiger partial charge on any atom is 0.319 e. The number of benzene rings is 2. The zero-order valence-electron chi connectivity index (χ0n) is 20.2. The first-order valence-electron chi connectivity index (χ1n) is 12.0. The number of imide groups is 1. The van der Waals surface area contributed by atoms with E-state index < -0.39 is 23.8 Å². The van der Waals surface area contributed by atoms with E-state index in [2.05, 4.69) is 27.8 Å². The van der Waals surface area contributed by atoms with Crippen molar-refractivity contribution >= 4 is 46.7 Å². The monoisotopic (exact) mass is 519 g/mol. The molecule has 0 saturated carbocycles. The summed E-state index contributed by atoms with van der Waals surface area (Å²) in [6.07, 6.45) is 3.58. The number of aryl methyl sites for hydroxylation is 2. The molecule has 2 atom stereocenters. The quantitative estimate of drug-likeness (QED) is 0.446. The molecule has 3 aliphatic rings. The molecule has 1 aliphatic carbocycles. The number of allylic oxidation sites excluding steroid dienone is 1. The SMILES string of the molecule is C=C1CCC(N2C(=O)C=C(Nc3ccc4c(c3)C(NC(=O)Nc3ccc(C)c(Cl)c3)CC4)C2=O)C(=O)N1. The van der Waals surface area contributed by atoms with Gasteiger partial charge in [-0.1, -0.05) is 30.3 Å². The molecule has 2 aromatic rings. The maximum atomic E-state index is 13.0. The van der Waals surface area contributed by atoms with E-state index in [9.17, 15) is 19.2 Å². The number of halogens is 1. The second-order valence-electron chi connectivity index (χ2n) is 9.41. The van der Waals surface area contributed by atoms with Gasteiger partial charge in [0.25, 0.3) is 11.8 Å². The minimum atomic E-state index is -0.864. The Kier molecular flexibility index (Phi) is 6.47. The molecule has 10 heteroatoms. The van der Waals surface area contributed by atoms with Crippen LogP contribution in [0, 0.1) is 6.92 Å². The van der Waals surface area contributed by atoms with Crippen molar-refractivity contribution in [3.63, 3.8) is 0 Å². The molecule has 0 spiro atoms. The first kappa shape index (κ1) is 24.6. The van der Waals surface area contributed by atoms with Crippen LogP contribution in [-0.2, 0) is 20.8 Å². The van der Waals surface area contributed by atoms with Crippen LogP contribution in [0.3, 0.4) is 0 Å². The van der Waals surface area contributed by atoms with E-state index in [4.69, 9.17) is 11.6 Å². The van der Waals surface area contributed by atoms with Gasteiger partial charge in [-0.2, -0.15) is 0 Å². The van der Waals surface area contributed by atoms with Gasteiger partial charge in [-0.05, 0) is 73.6 Å². The highest BCUT2D eigenvalue weighted by Gasteiger charge is 2.41. The third kappa shape index (κ3) is 4.95. The molecule has 2 aromatic carbocycles. The Morgan fingerprint density at radius 3 is 2.62 bits per heavy atom. The summed E-state index contributed by atoms with van der Waals surface area (Å²) in [7, 11) is 0. The summed E-state index contributed by atoms with van der Waals surface area (Å²) in [6.45, 7) is 5.62. The van der Waals surface area contributed by atoms with Crippen LogP contribution in [0.5, 0.6) is 0 Å². The van der Waals surface area contributed by atoms with Crippen molar-refractivity contribution in [2.75, 3.05) is 10.6 Å². The van der Waals surface area contributed by atoms with Gasteiger partial charge in [0.1, 0.15) is 11.7 Å². The highest BCUT2D eigenvalue weighted by Crippen LogP contribution is 2.34. The smallest absolute Gasteiger partial charge is 0.319 e. The van der Waals surface area contributed by atoms with Crippen molar-refractivity contribution in [1.29, 1.82) is 0 Å². The number of fused-ring (bicyclic) bond motifs is 1. The number of carbonyl (C=O) groups excluding carboxylic acids is 4. The van der Waals surface area contributed by atoms with Crippen LogP contribution in [0.1, 0.15) is 42.0 Å². The molecule has 0 aromatic heterocycles. The minimum Gasteiger partial charge on any atom is -0.351 e. The summed E-state index contributed by atoms with van der Waals surface area (Å²) in [5.74, 6) is -1.50. The van der Waals surface area contributed by atoms with Gasteiger partial charge in [0.2, 0.25) is 5.91 Å². The molecule has 1 saturated heterocycles. The summed E-state index contributed by atoms with van der Waals surface area (Å²) in [4.78, 5) is 51.6. The molecule has 0 bridgehead atoms. The highest BCUT2D eigenvalue weighted by molar-refractivity contribution is 6.31. The molecular weight excluding hydrogens is 494 g/mol. The van der Waals surface area contributed by atoms with Crippen molar-refractivity contribution in [2.24, 2.45) is 0 Å². The van der Waals surface area contributed by atoms with Crippen LogP contribution in [0.2, 0.25) is 5.02 Å². The lowest BCUT2D eigenvalue weighted by Gasteiger charge is -2.29. The Balaban J connectivity index is 1.26. The van der Waals surface area contributed by atoms with Crippen LogP contribution < -0.4 is 21.3 Å². The highest BCUT2D eigenvalue weighted by atomic mass is 35.5. The van der Waals surface area contributed by atoms with E-state index in [1.807, 2.05) is 31.2 Å². The number of urea groups is 1. The van der Waals surface area contributed by atoms with Gasteiger partial charge in [-0.25, -0.2) is 4.79 Å². The second-order valence-corrected chi connectivity index (χ2v) is 9.82. The fraction of sp³-hybridized carbons (Fsp3) is 0.259. The largest absolute Gasteiger partial charge is 0.351 e. The van der Waals surface area contributed by atoms with Crippen molar-refractivity contribution in [2.45, 2.75) is 44.7 Å². The molecule has 2 aliphatic heterocycles. The number of piperidine rings is 1. The van der Waals surface area contributed by atoms with Crippen LogP contribution in [-0.4, -0.2) is 34.7 Å². The van der Waals surface area contributed by atoms with Gasteiger partial charge < -0.3 is 21.3 Å². The summed E-state index contributed by atoms with van der Waals surface area (Å²) >= 11 is 6.15. The first-order valence-corrected chi connectivity index (χ1v) is 12.4. The Morgan fingerprint density at radius 1 is 1.08 bits per heavy atom. The van der Waals surface area contributed by atoms with Crippen molar-refractivity contribution < 1.29 is 19.2 Å². The molecule has 5 amide bonds. The van der Waals surface area contributed by atoms with Gasteiger partial charge in [-0.15, -0.1) is 0 Å². The number of hydrogen-bond acceptors (Lipinski definition) is 5.